The van der Waals surface area contributed by atoms with Gasteiger partial charge in [0, 0.05) is 23.6 Å². The molecule has 0 bridgehead atoms. The number of hydrogen-bond donors (Lipinski definition) is 2. The van der Waals surface area contributed by atoms with Crippen molar-refractivity contribution in [3.63, 3.8) is 0 Å². The second-order valence-corrected chi connectivity index (χ2v) is 4.96. The number of fused-ring (bicyclic) bond motifs is 1. The van der Waals surface area contributed by atoms with Crippen LogP contribution in [0.15, 0.2) is 30.5 Å². The topological polar surface area (TPSA) is 27.8 Å². The molecule has 1 aliphatic carbocycles. The Balaban J connectivity index is 1.66. The van der Waals surface area contributed by atoms with Crippen molar-refractivity contribution in [2.24, 2.45) is 11.8 Å². The molecule has 84 valence electrons. The zero-order valence-corrected chi connectivity index (χ0v) is 9.66. The fourth-order valence-corrected chi connectivity index (χ4v) is 2.38. The molecule has 0 radical (unpaired) electrons. The zero-order chi connectivity index (χ0) is 11.0. The Bertz CT molecular complexity index is 486. The lowest BCUT2D eigenvalue weighted by Crippen LogP contribution is -2.16. The quantitative estimate of drug-likeness (QED) is 0.804. The highest BCUT2D eigenvalue weighted by atomic mass is 14.9. The first-order valence-electron chi connectivity index (χ1n) is 6.10. The van der Waals surface area contributed by atoms with Crippen molar-refractivity contribution in [1.82, 2.24) is 10.3 Å². The summed E-state index contributed by atoms with van der Waals surface area (Å²) < 4.78 is 0. The van der Waals surface area contributed by atoms with E-state index in [1.165, 1.54) is 29.4 Å². The van der Waals surface area contributed by atoms with E-state index in [9.17, 15) is 0 Å². The van der Waals surface area contributed by atoms with Gasteiger partial charge < -0.3 is 10.3 Å². The Labute approximate surface area is 96.1 Å². The van der Waals surface area contributed by atoms with Crippen LogP contribution in [0.3, 0.4) is 0 Å². The molecule has 1 fully saturated rings. The third kappa shape index (κ3) is 1.85. The van der Waals surface area contributed by atoms with Gasteiger partial charge in [-0.15, -0.1) is 0 Å². The molecule has 2 N–H and O–H groups in total. The summed E-state index contributed by atoms with van der Waals surface area (Å²) in [5.41, 5.74) is 2.63. The van der Waals surface area contributed by atoms with Crippen LogP contribution < -0.4 is 5.32 Å². The van der Waals surface area contributed by atoms with Crippen molar-refractivity contribution < 1.29 is 0 Å². The van der Waals surface area contributed by atoms with Crippen LogP contribution in [-0.4, -0.2) is 11.5 Å². The first-order valence-corrected chi connectivity index (χ1v) is 6.10. The average Bonchev–Trinajstić information content (AvgIpc) is 2.81. The van der Waals surface area contributed by atoms with E-state index in [0.717, 1.165) is 18.4 Å². The summed E-state index contributed by atoms with van der Waals surface area (Å²) in [6.45, 7) is 4.49. The van der Waals surface area contributed by atoms with Crippen LogP contribution in [0.1, 0.15) is 18.9 Å². The van der Waals surface area contributed by atoms with Gasteiger partial charge in [-0.1, -0.05) is 19.1 Å². The van der Waals surface area contributed by atoms with Crippen LogP contribution in [0.4, 0.5) is 0 Å². The number of nitrogens with one attached hydrogen (secondary N) is 2. The molecule has 1 saturated carbocycles. The van der Waals surface area contributed by atoms with Gasteiger partial charge in [0.1, 0.15) is 0 Å². The molecule has 1 aromatic heterocycles. The molecule has 0 saturated heterocycles. The number of rotatable bonds is 4. The second kappa shape index (κ2) is 3.95. The van der Waals surface area contributed by atoms with E-state index in [2.05, 4.69) is 41.5 Å². The molecule has 0 spiro atoms. The monoisotopic (exact) mass is 214 g/mol. The van der Waals surface area contributed by atoms with Crippen molar-refractivity contribution in [2.75, 3.05) is 6.54 Å². The predicted octanol–water partition coefficient (Wildman–Crippen LogP) is 2.91. The fourth-order valence-electron chi connectivity index (χ4n) is 2.38. The molecule has 3 rings (SSSR count). The molecule has 2 nitrogen and oxygen atoms in total. The minimum Gasteiger partial charge on any atom is -0.361 e. The molecule has 1 heterocycles. The van der Waals surface area contributed by atoms with Crippen molar-refractivity contribution >= 4 is 10.9 Å². The molecule has 1 aromatic carbocycles. The fraction of sp³-hybridized carbons (Fsp3) is 0.429. The Hall–Kier alpha value is -1.28. The summed E-state index contributed by atoms with van der Waals surface area (Å²) >= 11 is 0. The Morgan fingerprint density at radius 1 is 1.38 bits per heavy atom. The summed E-state index contributed by atoms with van der Waals surface area (Å²) in [7, 11) is 0. The lowest BCUT2D eigenvalue weighted by Gasteiger charge is -2.05. The molecule has 2 aromatic rings. The molecule has 2 atom stereocenters. The van der Waals surface area contributed by atoms with Gasteiger partial charge in [-0.25, -0.2) is 0 Å². The van der Waals surface area contributed by atoms with Crippen LogP contribution in [-0.2, 0) is 6.54 Å². The number of benzene rings is 1. The molecule has 16 heavy (non-hydrogen) atoms. The lowest BCUT2D eigenvalue weighted by molar-refractivity contribution is 0.613. The molecule has 0 aliphatic heterocycles. The average molecular weight is 214 g/mol. The van der Waals surface area contributed by atoms with Gasteiger partial charge in [0.15, 0.2) is 0 Å². The van der Waals surface area contributed by atoms with Gasteiger partial charge in [-0.2, -0.15) is 0 Å². The molecule has 2 unspecified atom stereocenters. The third-order valence-electron chi connectivity index (χ3n) is 3.68. The summed E-state index contributed by atoms with van der Waals surface area (Å²) in [6.07, 6.45) is 3.42. The summed E-state index contributed by atoms with van der Waals surface area (Å²) in [5.74, 6) is 1.86. The highest BCUT2D eigenvalue weighted by molar-refractivity contribution is 5.82. The normalized spacial score (nSPS) is 23.8. The SMILES string of the molecule is CC1CC1CNCc1cccc2[nH]ccc12. The first-order chi connectivity index (χ1) is 7.84. The Kier molecular flexibility index (Phi) is 2.44. The smallest absolute Gasteiger partial charge is 0.0457 e. The van der Waals surface area contributed by atoms with E-state index >= 15 is 0 Å². The van der Waals surface area contributed by atoms with E-state index in [0.29, 0.717) is 0 Å². The molecular weight excluding hydrogens is 196 g/mol. The second-order valence-electron chi connectivity index (χ2n) is 4.96. The number of aromatic amines is 1. The minimum atomic E-state index is 0.922. The van der Waals surface area contributed by atoms with Gasteiger partial charge in [0.25, 0.3) is 0 Å². The standard InChI is InChI=1S/C14H18N2/c1-10-7-12(10)9-15-8-11-3-2-4-14-13(11)5-6-16-14/h2-6,10,12,15-16H,7-9H2,1H3. The lowest BCUT2D eigenvalue weighted by atomic mass is 10.1. The van der Waals surface area contributed by atoms with Crippen LogP contribution in [0.5, 0.6) is 0 Å². The van der Waals surface area contributed by atoms with E-state index in [4.69, 9.17) is 0 Å². The Morgan fingerprint density at radius 2 is 2.25 bits per heavy atom. The maximum absolute atomic E-state index is 3.56. The van der Waals surface area contributed by atoms with Gasteiger partial charge in [-0.3, -0.25) is 0 Å². The van der Waals surface area contributed by atoms with Crippen LogP contribution >= 0.6 is 0 Å². The van der Waals surface area contributed by atoms with Gasteiger partial charge in [-0.05, 0) is 42.5 Å². The van der Waals surface area contributed by atoms with Crippen LogP contribution in [0, 0.1) is 11.8 Å². The molecular formula is C14H18N2. The van der Waals surface area contributed by atoms with E-state index < -0.39 is 0 Å². The first kappa shape index (κ1) is 9.91. The van der Waals surface area contributed by atoms with Crippen molar-refractivity contribution in [3.05, 3.63) is 36.0 Å². The van der Waals surface area contributed by atoms with E-state index in [1.54, 1.807) is 0 Å². The predicted molar refractivity (Wildman–Crippen MR) is 67.3 cm³/mol. The van der Waals surface area contributed by atoms with Crippen LogP contribution in [0.25, 0.3) is 10.9 Å². The maximum Gasteiger partial charge on any atom is 0.0457 e. The number of aromatic nitrogens is 1. The van der Waals surface area contributed by atoms with Gasteiger partial charge >= 0.3 is 0 Å². The van der Waals surface area contributed by atoms with Gasteiger partial charge in [0.05, 0.1) is 0 Å². The largest absolute Gasteiger partial charge is 0.361 e. The van der Waals surface area contributed by atoms with E-state index in [-0.39, 0.29) is 0 Å². The number of H-pyrrole nitrogens is 1. The summed E-state index contributed by atoms with van der Waals surface area (Å²) in [6, 6.07) is 8.61. The highest BCUT2D eigenvalue weighted by Gasteiger charge is 2.31. The van der Waals surface area contributed by atoms with Gasteiger partial charge in [0.2, 0.25) is 0 Å². The van der Waals surface area contributed by atoms with Crippen molar-refractivity contribution in [1.29, 1.82) is 0 Å². The number of hydrogen-bond acceptors (Lipinski definition) is 1. The summed E-state index contributed by atoms with van der Waals surface area (Å²) in [4.78, 5) is 3.25. The maximum atomic E-state index is 3.56. The highest BCUT2D eigenvalue weighted by Crippen LogP contribution is 2.36. The summed E-state index contributed by atoms with van der Waals surface area (Å²) in [5, 5.41) is 4.91. The zero-order valence-electron chi connectivity index (χ0n) is 9.66. The molecule has 1 aliphatic rings. The minimum absolute atomic E-state index is 0.922. The molecule has 2 heteroatoms. The van der Waals surface area contributed by atoms with Crippen molar-refractivity contribution in [2.45, 2.75) is 19.9 Å². The van der Waals surface area contributed by atoms with Crippen LogP contribution in [0.2, 0.25) is 0 Å². The van der Waals surface area contributed by atoms with E-state index in [1.807, 2.05) is 6.20 Å². The Morgan fingerprint density at radius 3 is 3.06 bits per heavy atom. The third-order valence-corrected chi connectivity index (χ3v) is 3.68. The van der Waals surface area contributed by atoms with Crippen molar-refractivity contribution in [3.8, 4) is 0 Å². The molecule has 0 amide bonds.